The third kappa shape index (κ3) is 4.03. The highest BCUT2D eigenvalue weighted by molar-refractivity contribution is 9.09. The van der Waals surface area contributed by atoms with Crippen LogP contribution in [0.3, 0.4) is 0 Å². The molecule has 0 bridgehead atoms. The van der Waals surface area contributed by atoms with Gasteiger partial charge in [0.25, 0.3) is 0 Å². The van der Waals surface area contributed by atoms with Crippen molar-refractivity contribution in [3.63, 3.8) is 0 Å². The Balaban J connectivity index is 2.20. The van der Waals surface area contributed by atoms with Gasteiger partial charge in [-0.3, -0.25) is 4.57 Å². The lowest BCUT2D eigenvalue weighted by Crippen LogP contribution is -2.08. The summed E-state index contributed by atoms with van der Waals surface area (Å²) in [5.74, 6) is 0.167. The summed E-state index contributed by atoms with van der Waals surface area (Å²) in [6.07, 6.45) is 1.98. The van der Waals surface area contributed by atoms with Crippen molar-refractivity contribution in [1.29, 1.82) is 0 Å². The van der Waals surface area contributed by atoms with Gasteiger partial charge < -0.3 is 24.9 Å². The molecule has 0 fully saturated rings. The van der Waals surface area contributed by atoms with E-state index in [4.69, 9.17) is 10.2 Å². The van der Waals surface area contributed by atoms with E-state index in [2.05, 4.69) is 25.9 Å². The van der Waals surface area contributed by atoms with Gasteiger partial charge in [0, 0.05) is 5.33 Å². The van der Waals surface area contributed by atoms with Gasteiger partial charge in [0.1, 0.15) is 5.52 Å². The minimum Gasteiger partial charge on any atom is -0.445 e. The lowest BCUT2D eigenvalue weighted by atomic mass is 9.93. The van der Waals surface area contributed by atoms with Crippen LogP contribution in [0.4, 0.5) is 10.1 Å². The molecular formula is C18H22BrFN3O4P. The van der Waals surface area contributed by atoms with Crippen LogP contribution >= 0.6 is 23.5 Å². The SMILES string of the molecule is CC(C)Cc1c(F)c(N)c2nc(-c3ccc(P(=O)(O)O)o3)[nH]c2c1CCCBr. The fraction of sp³-hybridized carbons (Fsp3) is 0.389. The normalized spacial score (nSPS) is 12.4. The Kier molecular flexibility index (Phi) is 6.00. The van der Waals surface area contributed by atoms with Crippen molar-refractivity contribution in [2.45, 2.75) is 33.1 Å². The number of nitrogen functional groups attached to an aromatic ring is 1. The highest BCUT2D eigenvalue weighted by Crippen LogP contribution is 2.37. The molecule has 0 atom stereocenters. The van der Waals surface area contributed by atoms with Crippen molar-refractivity contribution in [2.75, 3.05) is 11.1 Å². The van der Waals surface area contributed by atoms with E-state index < -0.39 is 18.9 Å². The van der Waals surface area contributed by atoms with Crippen LogP contribution in [-0.4, -0.2) is 25.1 Å². The summed E-state index contributed by atoms with van der Waals surface area (Å²) in [5, 5.41) is 0.770. The molecule has 0 amide bonds. The molecule has 28 heavy (non-hydrogen) atoms. The highest BCUT2D eigenvalue weighted by atomic mass is 79.9. The number of nitrogens with one attached hydrogen (secondary N) is 1. The number of furan rings is 1. The molecule has 0 aliphatic heterocycles. The average molecular weight is 474 g/mol. The number of rotatable bonds is 7. The number of H-pyrrole nitrogens is 1. The zero-order chi connectivity index (χ0) is 20.6. The molecule has 152 valence electrons. The van der Waals surface area contributed by atoms with Crippen LogP contribution < -0.4 is 11.2 Å². The molecule has 1 aromatic carbocycles. The van der Waals surface area contributed by atoms with Gasteiger partial charge in [0.05, 0.1) is 11.2 Å². The van der Waals surface area contributed by atoms with Gasteiger partial charge in [-0.1, -0.05) is 29.8 Å². The summed E-state index contributed by atoms with van der Waals surface area (Å²) in [4.78, 5) is 26.0. The number of aromatic nitrogens is 2. The number of imidazole rings is 1. The fourth-order valence-corrected chi connectivity index (χ4v) is 3.97. The van der Waals surface area contributed by atoms with Gasteiger partial charge in [-0.05, 0) is 48.4 Å². The van der Waals surface area contributed by atoms with Gasteiger partial charge >= 0.3 is 7.60 Å². The van der Waals surface area contributed by atoms with Crippen molar-refractivity contribution < 1.29 is 23.2 Å². The molecule has 2 aromatic heterocycles. The van der Waals surface area contributed by atoms with Gasteiger partial charge in [-0.15, -0.1) is 0 Å². The lowest BCUT2D eigenvalue weighted by molar-refractivity contribution is 0.377. The minimum absolute atomic E-state index is 0.0440. The highest BCUT2D eigenvalue weighted by Gasteiger charge is 2.25. The van der Waals surface area contributed by atoms with Crippen molar-refractivity contribution in [3.8, 4) is 11.6 Å². The molecule has 3 aromatic rings. The summed E-state index contributed by atoms with van der Waals surface area (Å²) in [7, 11) is -4.52. The van der Waals surface area contributed by atoms with E-state index in [1.54, 1.807) is 0 Å². The van der Waals surface area contributed by atoms with Crippen LogP contribution in [0.25, 0.3) is 22.6 Å². The first kappa shape index (κ1) is 21.0. The summed E-state index contributed by atoms with van der Waals surface area (Å²) >= 11 is 3.41. The van der Waals surface area contributed by atoms with Gasteiger partial charge in [0.15, 0.2) is 17.4 Å². The van der Waals surface area contributed by atoms with Crippen LogP contribution in [0.15, 0.2) is 16.5 Å². The number of nitrogens with two attached hydrogens (primary N) is 1. The van der Waals surface area contributed by atoms with Crippen LogP contribution in [-0.2, 0) is 17.4 Å². The predicted molar refractivity (Wildman–Crippen MR) is 111 cm³/mol. The first-order valence-corrected chi connectivity index (χ1v) is 11.6. The first-order chi connectivity index (χ1) is 13.1. The lowest BCUT2D eigenvalue weighted by Gasteiger charge is -2.15. The standard InChI is InChI=1S/C18H22BrFN3O4P/c1-9(2)8-11-10(4-3-7-19)16-17(15(21)14(11)20)23-18(22-16)12-5-6-13(27-12)28(24,25)26/h5-6,9H,3-4,7-8,21H2,1-2H3,(H,22,23)(H2,24,25,26). The number of hydrogen-bond acceptors (Lipinski definition) is 4. The first-order valence-electron chi connectivity index (χ1n) is 8.84. The Bertz CT molecular complexity index is 1060. The third-order valence-electron chi connectivity index (χ3n) is 4.41. The Morgan fingerprint density at radius 3 is 2.64 bits per heavy atom. The third-order valence-corrected chi connectivity index (χ3v) is 5.79. The molecule has 0 aliphatic rings. The molecule has 7 nitrogen and oxygen atoms in total. The second-order valence-corrected chi connectivity index (χ2v) is 9.39. The molecule has 10 heteroatoms. The molecule has 3 rings (SSSR count). The van der Waals surface area contributed by atoms with Gasteiger partial charge in [-0.2, -0.15) is 0 Å². The van der Waals surface area contributed by atoms with Crippen molar-refractivity contribution in [2.24, 2.45) is 5.92 Å². The van der Waals surface area contributed by atoms with Crippen molar-refractivity contribution in [3.05, 3.63) is 29.1 Å². The van der Waals surface area contributed by atoms with E-state index in [0.717, 1.165) is 17.3 Å². The molecule has 0 spiro atoms. The zero-order valence-corrected chi connectivity index (χ0v) is 18.0. The Hall–Kier alpha value is -1.67. The van der Waals surface area contributed by atoms with Crippen LogP contribution in [0.2, 0.25) is 0 Å². The second-order valence-electron chi connectivity index (χ2n) is 7.07. The molecule has 0 radical (unpaired) electrons. The number of aryl methyl sites for hydroxylation is 1. The van der Waals surface area contributed by atoms with E-state index in [-0.39, 0.29) is 23.2 Å². The molecule has 2 heterocycles. The van der Waals surface area contributed by atoms with Crippen molar-refractivity contribution >= 4 is 45.7 Å². The van der Waals surface area contributed by atoms with Crippen LogP contribution in [0, 0.1) is 11.7 Å². The van der Waals surface area contributed by atoms with Gasteiger partial charge in [-0.25, -0.2) is 9.37 Å². The molecular weight excluding hydrogens is 452 g/mol. The van der Waals surface area contributed by atoms with E-state index >= 15 is 4.39 Å². The summed E-state index contributed by atoms with van der Waals surface area (Å²) in [6, 6.07) is 2.61. The number of anilines is 1. The maximum Gasteiger partial charge on any atom is 0.391 e. The maximum atomic E-state index is 15.0. The van der Waals surface area contributed by atoms with E-state index in [0.29, 0.717) is 29.4 Å². The number of hydrogen-bond donors (Lipinski definition) is 4. The monoisotopic (exact) mass is 473 g/mol. The Labute approximate surface area is 169 Å². The molecule has 0 saturated heterocycles. The topological polar surface area (TPSA) is 125 Å². The number of fused-ring (bicyclic) bond motifs is 1. The van der Waals surface area contributed by atoms with Crippen molar-refractivity contribution in [1.82, 2.24) is 9.97 Å². The minimum atomic E-state index is -4.52. The summed E-state index contributed by atoms with van der Waals surface area (Å²) < 4.78 is 31.6. The van der Waals surface area contributed by atoms with Gasteiger partial charge in [0.2, 0.25) is 5.50 Å². The Morgan fingerprint density at radius 2 is 2.07 bits per heavy atom. The summed E-state index contributed by atoms with van der Waals surface area (Å²) in [5.41, 5.74) is 7.84. The summed E-state index contributed by atoms with van der Waals surface area (Å²) in [6.45, 7) is 4.03. The quantitative estimate of drug-likeness (QED) is 0.234. The number of aromatic amines is 1. The number of benzene rings is 1. The average Bonchev–Trinajstić information content (AvgIpc) is 3.25. The van der Waals surface area contributed by atoms with E-state index in [1.807, 2.05) is 13.8 Å². The molecule has 0 aliphatic carbocycles. The predicted octanol–water partition coefficient (Wildman–Crippen LogP) is 3.87. The fourth-order valence-electron chi connectivity index (χ4n) is 3.21. The van der Waals surface area contributed by atoms with E-state index in [1.165, 1.54) is 12.1 Å². The molecule has 0 unspecified atom stereocenters. The zero-order valence-electron chi connectivity index (χ0n) is 15.5. The van der Waals surface area contributed by atoms with Crippen LogP contribution in [0.1, 0.15) is 31.4 Å². The molecule has 5 N–H and O–H groups in total. The maximum absolute atomic E-state index is 15.0. The number of nitrogens with zero attached hydrogens (tertiary/aromatic N) is 1. The van der Waals surface area contributed by atoms with Crippen LogP contribution in [0.5, 0.6) is 0 Å². The number of alkyl halides is 1. The smallest absolute Gasteiger partial charge is 0.391 e. The Morgan fingerprint density at radius 1 is 1.36 bits per heavy atom. The molecule has 0 saturated carbocycles. The second kappa shape index (κ2) is 7.99. The largest absolute Gasteiger partial charge is 0.445 e. The number of halogens is 2. The van der Waals surface area contributed by atoms with E-state index in [9.17, 15) is 14.4 Å².